The monoisotopic (exact) mass is 352 g/mol. The second-order valence-corrected chi connectivity index (χ2v) is 7.97. The molecular formula is C22H40O3. The van der Waals surface area contributed by atoms with E-state index >= 15 is 0 Å². The molecule has 0 bridgehead atoms. The molecule has 2 rings (SSSR count). The molecule has 1 aliphatic carbocycles. The Balaban J connectivity index is 1.86. The van der Waals surface area contributed by atoms with Gasteiger partial charge in [-0.2, -0.15) is 0 Å². The number of hydrogen-bond acceptors (Lipinski definition) is 3. The molecule has 0 aromatic heterocycles. The molecule has 0 aromatic rings. The van der Waals surface area contributed by atoms with E-state index in [4.69, 9.17) is 14.2 Å². The van der Waals surface area contributed by atoms with Crippen LogP contribution in [-0.4, -0.2) is 31.5 Å². The second kappa shape index (κ2) is 12.0. The van der Waals surface area contributed by atoms with E-state index < -0.39 is 0 Å². The molecule has 146 valence electrons. The standard InChI is InChI=1S/C22H40O3/c1-3-5-15-22(25-19-21-18-24-21,20-13-9-8-10-14-20)16-11-6-7-12-17-23-4-2/h4,20-21H,2-3,5-19H2,1H3. The molecule has 3 nitrogen and oxygen atoms in total. The van der Waals surface area contributed by atoms with Crippen molar-refractivity contribution in [2.24, 2.45) is 5.92 Å². The van der Waals surface area contributed by atoms with Crippen LogP contribution in [0.15, 0.2) is 12.8 Å². The highest BCUT2D eigenvalue weighted by Crippen LogP contribution is 2.42. The van der Waals surface area contributed by atoms with Crippen molar-refractivity contribution in [3.8, 4) is 0 Å². The Bertz CT molecular complexity index is 347. The van der Waals surface area contributed by atoms with Gasteiger partial charge in [-0.05, 0) is 38.0 Å². The van der Waals surface area contributed by atoms with Gasteiger partial charge in [-0.15, -0.1) is 0 Å². The van der Waals surface area contributed by atoms with Crippen molar-refractivity contribution in [2.75, 3.05) is 19.8 Å². The zero-order valence-electron chi connectivity index (χ0n) is 16.5. The molecule has 0 amide bonds. The summed E-state index contributed by atoms with van der Waals surface area (Å²) in [5, 5.41) is 0. The van der Waals surface area contributed by atoms with Crippen LogP contribution >= 0.6 is 0 Å². The van der Waals surface area contributed by atoms with E-state index in [1.807, 2.05) is 0 Å². The van der Waals surface area contributed by atoms with E-state index in [1.165, 1.54) is 77.0 Å². The van der Waals surface area contributed by atoms with Gasteiger partial charge in [0.15, 0.2) is 0 Å². The number of epoxide rings is 1. The number of ether oxygens (including phenoxy) is 3. The van der Waals surface area contributed by atoms with E-state index in [2.05, 4.69) is 13.5 Å². The lowest BCUT2D eigenvalue weighted by Crippen LogP contribution is -2.43. The molecular weight excluding hydrogens is 312 g/mol. The number of unbranched alkanes of at least 4 members (excludes halogenated alkanes) is 4. The van der Waals surface area contributed by atoms with E-state index in [0.717, 1.165) is 32.2 Å². The second-order valence-electron chi connectivity index (χ2n) is 7.97. The fourth-order valence-electron chi connectivity index (χ4n) is 4.37. The number of rotatable bonds is 15. The van der Waals surface area contributed by atoms with Crippen LogP contribution in [0.1, 0.15) is 90.4 Å². The predicted octanol–water partition coefficient (Wildman–Crippen LogP) is 6.02. The average Bonchev–Trinajstić information content (AvgIpc) is 3.48. The smallest absolute Gasteiger partial charge is 0.104 e. The normalized spacial score (nSPS) is 23.2. The van der Waals surface area contributed by atoms with Crippen LogP contribution in [0.4, 0.5) is 0 Å². The van der Waals surface area contributed by atoms with Crippen molar-refractivity contribution in [3.05, 3.63) is 12.8 Å². The highest BCUT2D eigenvalue weighted by atomic mass is 16.6. The third-order valence-electron chi connectivity index (χ3n) is 5.99. The van der Waals surface area contributed by atoms with Crippen LogP contribution in [-0.2, 0) is 14.2 Å². The van der Waals surface area contributed by atoms with Crippen molar-refractivity contribution < 1.29 is 14.2 Å². The molecule has 1 aliphatic heterocycles. The lowest BCUT2D eigenvalue weighted by atomic mass is 9.72. The minimum Gasteiger partial charge on any atom is -0.502 e. The first-order valence-electron chi connectivity index (χ1n) is 10.8. The van der Waals surface area contributed by atoms with Crippen LogP contribution in [0, 0.1) is 5.92 Å². The molecule has 1 saturated heterocycles. The molecule has 1 heterocycles. The summed E-state index contributed by atoms with van der Waals surface area (Å²) in [6, 6.07) is 0. The van der Waals surface area contributed by atoms with E-state index in [0.29, 0.717) is 6.10 Å². The fraction of sp³-hybridized carbons (Fsp3) is 0.909. The molecule has 2 atom stereocenters. The summed E-state index contributed by atoms with van der Waals surface area (Å²) in [6.45, 7) is 8.42. The highest BCUT2D eigenvalue weighted by molar-refractivity contribution is 4.91. The Labute approximate surface area is 155 Å². The van der Waals surface area contributed by atoms with Gasteiger partial charge in [-0.1, -0.05) is 64.9 Å². The third kappa shape index (κ3) is 7.70. The molecule has 0 radical (unpaired) electrons. The molecule has 2 fully saturated rings. The van der Waals surface area contributed by atoms with Crippen molar-refractivity contribution in [1.82, 2.24) is 0 Å². The summed E-state index contributed by atoms with van der Waals surface area (Å²) >= 11 is 0. The van der Waals surface area contributed by atoms with Gasteiger partial charge >= 0.3 is 0 Å². The molecule has 0 N–H and O–H groups in total. The zero-order valence-corrected chi connectivity index (χ0v) is 16.5. The van der Waals surface area contributed by atoms with Crippen molar-refractivity contribution in [2.45, 2.75) is 102 Å². The van der Waals surface area contributed by atoms with Gasteiger partial charge in [0.1, 0.15) is 6.10 Å². The van der Waals surface area contributed by atoms with Crippen molar-refractivity contribution in [3.63, 3.8) is 0 Å². The quantitative estimate of drug-likeness (QED) is 0.205. The summed E-state index contributed by atoms with van der Waals surface area (Å²) < 4.78 is 17.3. The van der Waals surface area contributed by atoms with Crippen LogP contribution in [0.5, 0.6) is 0 Å². The summed E-state index contributed by atoms with van der Waals surface area (Å²) in [5.41, 5.74) is 0.111. The van der Waals surface area contributed by atoms with Crippen LogP contribution in [0.25, 0.3) is 0 Å². The maximum absolute atomic E-state index is 6.68. The van der Waals surface area contributed by atoms with E-state index in [1.54, 1.807) is 6.26 Å². The Morgan fingerprint density at radius 3 is 2.44 bits per heavy atom. The summed E-state index contributed by atoms with van der Waals surface area (Å²) in [6.07, 6.45) is 18.8. The maximum atomic E-state index is 6.68. The van der Waals surface area contributed by atoms with Crippen LogP contribution in [0.2, 0.25) is 0 Å². The summed E-state index contributed by atoms with van der Waals surface area (Å²) in [7, 11) is 0. The lowest BCUT2D eigenvalue weighted by molar-refractivity contribution is -0.113. The number of hydrogen-bond donors (Lipinski definition) is 0. The Morgan fingerprint density at radius 1 is 1.04 bits per heavy atom. The van der Waals surface area contributed by atoms with Gasteiger partial charge < -0.3 is 14.2 Å². The first-order valence-corrected chi connectivity index (χ1v) is 10.8. The van der Waals surface area contributed by atoms with Gasteiger partial charge in [0.2, 0.25) is 0 Å². The third-order valence-corrected chi connectivity index (χ3v) is 5.99. The van der Waals surface area contributed by atoms with Crippen LogP contribution < -0.4 is 0 Å². The average molecular weight is 353 g/mol. The molecule has 1 saturated carbocycles. The molecule has 0 aromatic carbocycles. The van der Waals surface area contributed by atoms with Gasteiger partial charge in [-0.25, -0.2) is 0 Å². The molecule has 0 spiro atoms. The molecule has 3 heteroatoms. The van der Waals surface area contributed by atoms with Crippen LogP contribution in [0.3, 0.4) is 0 Å². The van der Waals surface area contributed by atoms with Gasteiger partial charge in [0.25, 0.3) is 0 Å². The lowest BCUT2D eigenvalue weighted by Gasteiger charge is -2.43. The minimum absolute atomic E-state index is 0.111. The summed E-state index contributed by atoms with van der Waals surface area (Å²) in [4.78, 5) is 0. The Hall–Kier alpha value is -0.540. The molecule has 25 heavy (non-hydrogen) atoms. The van der Waals surface area contributed by atoms with E-state index in [-0.39, 0.29) is 5.60 Å². The minimum atomic E-state index is 0.111. The van der Waals surface area contributed by atoms with E-state index in [9.17, 15) is 0 Å². The Kier molecular flexibility index (Phi) is 9.93. The van der Waals surface area contributed by atoms with Gasteiger partial charge in [0, 0.05) is 0 Å². The topological polar surface area (TPSA) is 31.0 Å². The SMILES string of the molecule is C=COCCCCCCC(CCCC)(OCC1CO1)C1CCCCC1. The van der Waals surface area contributed by atoms with Gasteiger partial charge in [-0.3, -0.25) is 0 Å². The zero-order chi connectivity index (χ0) is 17.8. The van der Waals surface area contributed by atoms with Crippen molar-refractivity contribution in [1.29, 1.82) is 0 Å². The Morgan fingerprint density at radius 2 is 1.76 bits per heavy atom. The molecule has 2 unspecified atom stereocenters. The van der Waals surface area contributed by atoms with Gasteiger partial charge in [0.05, 0.1) is 31.7 Å². The first kappa shape index (κ1) is 20.8. The van der Waals surface area contributed by atoms with Crippen molar-refractivity contribution >= 4 is 0 Å². The molecule has 2 aliphatic rings. The predicted molar refractivity (Wildman–Crippen MR) is 104 cm³/mol. The fourth-order valence-corrected chi connectivity index (χ4v) is 4.37. The largest absolute Gasteiger partial charge is 0.502 e. The first-order chi connectivity index (χ1) is 12.3. The highest BCUT2D eigenvalue weighted by Gasteiger charge is 2.40. The summed E-state index contributed by atoms with van der Waals surface area (Å²) in [5.74, 6) is 0.760. The maximum Gasteiger partial charge on any atom is 0.104 e.